The van der Waals surface area contributed by atoms with E-state index in [9.17, 15) is 13.9 Å². The number of aliphatic hydroxyl groups is 1. The van der Waals surface area contributed by atoms with Crippen molar-refractivity contribution in [3.63, 3.8) is 0 Å². The predicted molar refractivity (Wildman–Crippen MR) is 53.6 cm³/mol. The average Bonchev–Trinajstić information content (AvgIpc) is 2.15. The fourth-order valence-corrected chi connectivity index (χ4v) is 1.31. The summed E-state index contributed by atoms with van der Waals surface area (Å²) in [5.41, 5.74) is 0.406. The first kappa shape index (κ1) is 12.2. The monoisotopic (exact) mass is 236 g/mol. The summed E-state index contributed by atoms with van der Waals surface area (Å²) in [6.07, 6.45) is -3.35. The molecule has 0 aliphatic heterocycles. The van der Waals surface area contributed by atoms with Gasteiger partial charge in [-0.15, -0.1) is 0 Å². The van der Waals surface area contributed by atoms with E-state index in [0.717, 1.165) is 0 Å². The van der Waals surface area contributed by atoms with Gasteiger partial charge >= 0.3 is 0 Å². The molecule has 0 aliphatic carbocycles. The zero-order valence-corrected chi connectivity index (χ0v) is 8.84. The molecule has 0 heterocycles. The summed E-state index contributed by atoms with van der Waals surface area (Å²) in [4.78, 5) is 0. The quantitative estimate of drug-likeness (QED) is 0.871. The number of alkyl halides is 2. The van der Waals surface area contributed by atoms with Crippen molar-refractivity contribution in [2.75, 3.05) is 6.61 Å². The second-order valence-corrected chi connectivity index (χ2v) is 3.50. The Balaban J connectivity index is 2.86. The first-order chi connectivity index (χ1) is 7.00. The lowest BCUT2D eigenvalue weighted by Gasteiger charge is -2.13. The molecule has 2 nitrogen and oxygen atoms in total. The highest BCUT2D eigenvalue weighted by molar-refractivity contribution is 6.30. The maximum absolute atomic E-state index is 11.9. The van der Waals surface area contributed by atoms with Gasteiger partial charge in [0, 0.05) is 10.6 Å². The summed E-state index contributed by atoms with van der Waals surface area (Å²) in [5.74, 6) is 0.231. The third-order valence-electron chi connectivity index (χ3n) is 1.79. The van der Waals surface area contributed by atoms with Gasteiger partial charge in [-0.2, -0.15) is 0 Å². The highest BCUT2D eigenvalue weighted by Gasteiger charge is 2.11. The van der Waals surface area contributed by atoms with Gasteiger partial charge in [0.05, 0.1) is 6.10 Å². The van der Waals surface area contributed by atoms with Crippen LogP contribution in [0.1, 0.15) is 18.6 Å². The van der Waals surface area contributed by atoms with E-state index in [1.807, 2.05) is 0 Å². The zero-order chi connectivity index (χ0) is 11.4. The van der Waals surface area contributed by atoms with Crippen LogP contribution in [0.5, 0.6) is 5.75 Å². The molecule has 1 atom stereocenters. The lowest BCUT2D eigenvalue weighted by molar-refractivity contribution is 0.0794. The normalized spacial score (nSPS) is 12.9. The van der Waals surface area contributed by atoms with Gasteiger partial charge in [-0.05, 0) is 25.1 Å². The van der Waals surface area contributed by atoms with Crippen molar-refractivity contribution in [1.29, 1.82) is 0 Å². The van der Waals surface area contributed by atoms with E-state index in [0.29, 0.717) is 10.6 Å². The predicted octanol–water partition coefficient (Wildman–Crippen LogP) is 3.04. The van der Waals surface area contributed by atoms with Gasteiger partial charge in [0.25, 0.3) is 6.43 Å². The van der Waals surface area contributed by atoms with E-state index in [1.165, 1.54) is 25.1 Å². The SMILES string of the molecule is C[C@H](O)c1cc(Cl)ccc1OCC(F)F. The molecule has 1 rings (SSSR count). The fraction of sp³-hybridized carbons (Fsp3) is 0.400. The van der Waals surface area contributed by atoms with E-state index in [1.54, 1.807) is 0 Å². The number of benzene rings is 1. The van der Waals surface area contributed by atoms with Crippen LogP contribution in [0.25, 0.3) is 0 Å². The molecule has 0 aromatic heterocycles. The third kappa shape index (κ3) is 3.64. The van der Waals surface area contributed by atoms with Crippen LogP contribution in [-0.4, -0.2) is 18.1 Å². The molecule has 0 aliphatic rings. The molecular weight excluding hydrogens is 226 g/mol. The molecule has 0 bridgehead atoms. The van der Waals surface area contributed by atoms with Crippen LogP contribution in [0.15, 0.2) is 18.2 Å². The van der Waals surface area contributed by atoms with Crippen LogP contribution in [0.3, 0.4) is 0 Å². The number of ether oxygens (including phenoxy) is 1. The molecule has 0 saturated carbocycles. The Hall–Kier alpha value is -0.870. The number of hydrogen-bond acceptors (Lipinski definition) is 2. The van der Waals surface area contributed by atoms with E-state index < -0.39 is 19.1 Å². The number of hydrogen-bond donors (Lipinski definition) is 1. The average molecular weight is 237 g/mol. The van der Waals surface area contributed by atoms with E-state index in [-0.39, 0.29) is 5.75 Å². The maximum Gasteiger partial charge on any atom is 0.272 e. The summed E-state index contributed by atoms with van der Waals surface area (Å²) in [6.45, 7) is 0.822. The second kappa shape index (κ2) is 5.28. The van der Waals surface area contributed by atoms with E-state index in [2.05, 4.69) is 0 Å². The standard InChI is InChI=1S/C10H11ClF2O2/c1-6(14)8-4-7(11)2-3-9(8)15-5-10(12)13/h2-4,6,10,14H,5H2,1H3/t6-/m0/s1. The molecule has 1 N–H and O–H groups in total. The molecule has 0 amide bonds. The number of rotatable bonds is 4. The number of aliphatic hydroxyl groups excluding tert-OH is 1. The summed E-state index contributed by atoms with van der Waals surface area (Å²) in [7, 11) is 0. The Morgan fingerprint density at radius 2 is 2.13 bits per heavy atom. The Labute approximate surface area is 91.4 Å². The number of halogens is 3. The van der Waals surface area contributed by atoms with Crippen LogP contribution in [-0.2, 0) is 0 Å². The van der Waals surface area contributed by atoms with Gasteiger partial charge in [0.1, 0.15) is 12.4 Å². The minimum Gasteiger partial charge on any atom is -0.487 e. The van der Waals surface area contributed by atoms with Crippen LogP contribution in [0.2, 0.25) is 5.02 Å². The van der Waals surface area contributed by atoms with Crippen LogP contribution in [0, 0.1) is 0 Å². The van der Waals surface area contributed by atoms with Gasteiger partial charge in [-0.3, -0.25) is 0 Å². The first-order valence-electron chi connectivity index (χ1n) is 4.39. The Bertz CT molecular complexity index is 329. The largest absolute Gasteiger partial charge is 0.487 e. The Kier molecular flexibility index (Phi) is 4.29. The van der Waals surface area contributed by atoms with Gasteiger partial charge in [-0.1, -0.05) is 11.6 Å². The summed E-state index contributed by atoms with van der Waals surface area (Å²) < 4.78 is 28.7. The molecule has 1 aromatic rings. The van der Waals surface area contributed by atoms with Gasteiger partial charge in [-0.25, -0.2) is 8.78 Å². The summed E-state index contributed by atoms with van der Waals surface area (Å²) in [6, 6.07) is 4.48. The van der Waals surface area contributed by atoms with E-state index in [4.69, 9.17) is 16.3 Å². The van der Waals surface area contributed by atoms with Crippen LogP contribution >= 0.6 is 11.6 Å². The molecule has 0 fully saturated rings. The van der Waals surface area contributed by atoms with Gasteiger partial charge in [0.2, 0.25) is 0 Å². The van der Waals surface area contributed by atoms with E-state index >= 15 is 0 Å². The lowest BCUT2D eigenvalue weighted by atomic mass is 10.1. The maximum atomic E-state index is 11.9. The molecule has 0 unspecified atom stereocenters. The smallest absolute Gasteiger partial charge is 0.272 e. The van der Waals surface area contributed by atoms with Crippen molar-refractivity contribution in [3.05, 3.63) is 28.8 Å². The van der Waals surface area contributed by atoms with Crippen molar-refractivity contribution in [3.8, 4) is 5.75 Å². The summed E-state index contributed by atoms with van der Waals surface area (Å²) >= 11 is 5.71. The molecular formula is C10H11ClF2O2. The first-order valence-corrected chi connectivity index (χ1v) is 4.77. The minimum absolute atomic E-state index is 0.231. The lowest BCUT2D eigenvalue weighted by Crippen LogP contribution is -2.09. The van der Waals surface area contributed by atoms with Crippen LogP contribution in [0.4, 0.5) is 8.78 Å². The highest BCUT2D eigenvalue weighted by atomic mass is 35.5. The summed E-state index contributed by atoms with van der Waals surface area (Å²) in [5, 5.41) is 9.79. The molecule has 0 spiro atoms. The molecule has 0 radical (unpaired) electrons. The van der Waals surface area contributed by atoms with Crippen molar-refractivity contribution in [2.45, 2.75) is 19.5 Å². The molecule has 84 valence electrons. The van der Waals surface area contributed by atoms with Crippen LogP contribution < -0.4 is 4.74 Å². The minimum atomic E-state index is -2.54. The fourth-order valence-electron chi connectivity index (χ4n) is 1.13. The van der Waals surface area contributed by atoms with Crippen molar-refractivity contribution < 1.29 is 18.6 Å². The molecule has 1 aromatic carbocycles. The van der Waals surface area contributed by atoms with Crippen molar-refractivity contribution in [2.24, 2.45) is 0 Å². The topological polar surface area (TPSA) is 29.5 Å². The zero-order valence-electron chi connectivity index (χ0n) is 8.08. The highest BCUT2D eigenvalue weighted by Crippen LogP contribution is 2.28. The Morgan fingerprint density at radius 1 is 1.47 bits per heavy atom. The van der Waals surface area contributed by atoms with Crippen molar-refractivity contribution >= 4 is 11.6 Å². The molecule has 15 heavy (non-hydrogen) atoms. The molecule has 5 heteroatoms. The third-order valence-corrected chi connectivity index (χ3v) is 2.02. The van der Waals surface area contributed by atoms with Crippen molar-refractivity contribution in [1.82, 2.24) is 0 Å². The Morgan fingerprint density at radius 3 is 2.67 bits per heavy atom. The molecule has 0 saturated heterocycles. The van der Waals surface area contributed by atoms with Gasteiger partial charge in [0.15, 0.2) is 0 Å². The van der Waals surface area contributed by atoms with Gasteiger partial charge < -0.3 is 9.84 Å². The second-order valence-electron chi connectivity index (χ2n) is 3.06.